The Morgan fingerprint density at radius 1 is 1.35 bits per heavy atom. The summed E-state index contributed by atoms with van der Waals surface area (Å²) >= 11 is 0. The van der Waals surface area contributed by atoms with Gasteiger partial charge in [0.2, 0.25) is 0 Å². The monoisotopic (exact) mass is 276 g/mol. The van der Waals surface area contributed by atoms with Crippen LogP contribution in [-0.4, -0.2) is 22.4 Å². The molecule has 0 atom stereocenters. The Kier molecular flexibility index (Phi) is 4.50. The van der Waals surface area contributed by atoms with E-state index in [9.17, 15) is 9.18 Å². The highest BCUT2D eigenvalue weighted by Gasteiger charge is 2.19. The molecule has 0 spiro atoms. The minimum absolute atomic E-state index is 0.301. The Hall–Kier alpha value is -2.17. The van der Waals surface area contributed by atoms with Crippen LogP contribution in [-0.2, 0) is 11.2 Å². The fraction of sp³-hybridized carbons (Fsp3) is 0.333. The smallest absolute Gasteiger partial charge is 0.341 e. The lowest BCUT2D eigenvalue weighted by Crippen LogP contribution is -2.10. The topological polar surface area (TPSA) is 44.1 Å². The van der Waals surface area contributed by atoms with Crippen molar-refractivity contribution in [2.45, 2.75) is 26.7 Å². The maximum absolute atomic E-state index is 13.9. The summed E-state index contributed by atoms with van der Waals surface area (Å²) in [5.74, 6) is -0.790. The first-order valence-electron chi connectivity index (χ1n) is 6.68. The van der Waals surface area contributed by atoms with Gasteiger partial charge in [0.05, 0.1) is 18.5 Å². The van der Waals surface area contributed by atoms with E-state index in [1.165, 1.54) is 16.9 Å². The standard InChI is InChI=1S/C15H17FN2O2/c1-3-7-13-11(15(19)20-4-2)10-17-18(13)14-9-6-5-8-12(14)16/h5-6,8-10H,3-4,7H2,1-2H3. The van der Waals surface area contributed by atoms with Gasteiger partial charge in [-0.15, -0.1) is 0 Å². The molecule has 1 aromatic carbocycles. The van der Waals surface area contributed by atoms with Crippen LogP contribution in [0.15, 0.2) is 30.5 Å². The number of carbonyl (C=O) groups is 1. The van der Waals surface area contributed by atoms with Crippen LogP contribution in [0.1, 0.15) is 36.3 Å². The molecule has 1 heterocycles. The molecule has 0 radical (unpaired) electrons. The SMILES string of the molecule is CCCc1c(C(=O)OCC)cnn1-c1ccccc1F. The van der Waals surface area contributed by atoms with Crippen molar-refractivity contribution < 1.29 is 13.9 Å². The van der Waals surface area contributed by atoms with Gasteiger partial charge >= 0.3 is 5.97 Å². The van der Waals surface area contributed by atoms with Gasteiger partial charge in [-0.2, -0.15) is 5.10 Å². The van der Waals surface area contributed by atoms with Gasteiger partial charge in [0.25, 0.3) is 0 Å². The molecule has 4 nitrogen and oxygen atoms in total. The Labute approximate surface area is 117 Å². The van der Waals surface area contributed by atoms with Crippen molar-refractivity contribution in [3.8, 4) is 5.69 Å². The molecule has 0 saturated heterocycles. The lowest BCUT2D eigenvalue weighted by molar-refractivity contribution is 0.0525. The van der Waals surface area contributed by atoms with E-state index in [-0.39, 0.29) is 5.82 Å². The lowest BCUT2D eigenvalue weighted by atomic mass is 10.1. The Morgan fingerprint density at radius 2 is 2.10 bits per heavy atom. The average Bonchev–Trinajstić information content (AvgIpc) is 2.84. The lowest BCUT2D eigenvalue weighted by Gasteiger charge is -2.09. The van der Waals surface area contributed by atoms with Gasteiger partial charge in [0, 0.05) is 0 Å². The van der Waals surface area contributed by atoms with Crippen molar-refractivity contribution in [2.24, 2.45) is 0 Å². The van der Waals surface area contributed by atoms with E-state index < -0.39 is 5.97 Å². The first-order valence-corrected chi connectivity index (χ1v) is 6.68. The van der Waals surface area contributed by atoms with Gasteiger partial charge in [-0.1, -0.05) is 25.5 Å². The van der Waals surface area contributed by atoms with Gasteiger partial charge in [-0.3, -0.25) is 0 Å². The van der Waals surface area contributed by atoms with Crippen LogP contribution in [0.5, 0.6) is 0 Å². The highest BCUT2D eigenvalue weighted by molar-refractivity contribution is 5.90. The van der Waals surface area contributed by atoms with Crippen LogP contribution in [0.4, 0.5) is 4.39 Å². The molecule has 0 fully saturated rings. The third kappa shape index (κ3) is 2.71. The number of nitrogens with zero attached hydrogens (tertiary/aromatic N) is 2. The molecule has 0 unspecified atom stereocenters. The largest absolute Gasteiger partial charge is 0.462 e. The summed E-state index contributed by atoms with van der Waals surface area (Å²) in [5, 5.41) is 4.14. The van der Waals surface area contributed by atoms with Crippen molar-refractivity contribution in [3.05, 3.63) is 47.5 Å². The number of rotatable bonds is 5. The summed E-state index contributed by atoms with van der Waals surface area (Å²) in [7, 11) is 0. The maximum atomic E-state index is 13.9. The summed E-state index contributed by atoms with van der Waals surface area (Å²) in [6.07, 6.45) is 2.89. The maximum Gasteiger partial charge on any atom is 0.341 e. The minimum Gasteiger partial charge on any atom is -0.462 e. The van der Waals surface area contributed by atoms with Crippen LogP contribution >= 0.6 is 0 Å². The molecular formula is C15H17FN2O2. The predicted molar refractivity (Wildman–Crippen MR) is 73.5 cm³/mol. The van der Waals surface area contributed by atoms with E-state index in [1.807, 2.05) is 6.92 Å². The molecule has 0 saturated carbocycles. The Bertz CT molecular complexity index is 608. The van der Waals surface area contributed by atoms with E-state index >= 15 is 0 Å². The number of hydrogen-bond donors (Lipinski definition) is 0. The van der Waals surface area contributed by atoms with E-state index in [0.29, 0.717) is 30.0 Å². The molecule has 0 bridgehead atoms. The number of para-hydroxylation sites is 1. The first kappa shape index (κ1) is 14.2. The van der Waals surface area contributed by atoms with E-state index in [2.05, 4.69) is 5.10 Å². The zero-order chi connectivity index (χ0) is 14.5. The van der Waals surface area contributed by atoms with Gasteiger partial charge in [-0.05, 0) is 25.5 Å². The molecule has 0 aliphatic heterocycles. The number of hydrogen-bond acceptors (Lipinski definition) is 3. The fourth-order valence-corrected chi connectivity index (χ4v) is 2.06. The predicted octanol–water partition coefficient (Wildman–Crippen LogP) is 3.14. The molecule has 0 aliphatic carbocycles. The van der Waals surface area contributed by atoms with Crippen molar-refractivity contribution in [1.29, 1.82) is 0 Å². The number of benzene rings is 1. The summed E-state index contributed by atoms with van der Waals surface area (Å²) in [5.41, 5.74) is 1.42. The number of ether oxygens (including phenoxy) is 1. The molecule has 0 N–H and O–H groups in total. The highest BCUT2D eigenvalue weighted by atomic mass is 19.1. The van der Waals surface area contributed by atoms with Gasteiger partial charge in [-0.25, -0.2) is 13.9 Å². The molecule has 0 aliphatic rings. The van der Waals surface area contributed by atoms with Crippen LogP contribution in [0.25, 0.3) is 5.69 Å². The molecule has 1 aromatic heterocycles. The van der Waals surface area contributed by atoms with E-state index in [0.717, 1.165) is 6.42 Å². The second kappa shape index (κ2) is 6.32. The second-order valence-electron chi connectivity index (χ2n) is 4.34. The molecular weight excluding hydrogens is 259 g/mol. The summed E-state index contributed by atoms with van der Waals surface area (Å²) in [6.45, 7) is 4.04. The molecule has 2 rings (SSSR count). The third-order valence-corrected chi connectivity index (χ3v) is 2.93. The normalized spacial score (nSPS) is 10.6. The molecule has 5 heteroatoms. The van der Waals surface area contributed by atoms with Crippen LogP contribution < -0.4 is 0 Å². The van der Waals surface area contributed by atoms with Crippen molar-refractivity contribution in [1.82, 2.24) is 9.78 Å². The number of carbonyl (C=O) groups excluding carboxylic acids is 1. The Balaban J connectivity index is 2.49. The summed E-state index contributed by atoms with van der Waals surface area (Å²) < 4.78 is 20.4. The van der Waals surface area contributed by atoms with Crippen LogP contribution in [0.2, 0.25) is 0 Å². The van der Waals surface area contributed by atoms with Gasteiger partial charge < -0.3 is 4.74 Å². The van der Waals surface area contributed by atoms with Crippen molar-refractivity contribution >= 4 is 5.97 Å². The quantitative estimate of drug-likeness (QED) is 0.788. The minimum atomic E-state index is -0.418. The fourth-order valence-electron chi connectivity index (χ4n) is 2.06. The van der Waals surface area contributed by atoms with Crippen LogP contribution in [0, 0.1) is 5.82 Å². The van der Waals surface area contributed by atoms with Crippen molar-refractivity contribution in [3.63, 3.8) is 0 Å². The Morgan fingerprint density at radius 3 is 2.75 bits per heavy atom. The van der Waals surface area contributed by atoms with Gasteiger partial charge in [0.1, 0.15) is 17.1 Å². The average molecular weight is 276 g/mol. The third-order valence-electron chi connectivity index (χ3n) is 2.93. The molecule has 0 amide bonds. The van der Waals surface area contributed by atoms with E-state index in [1.54, 1.807) is 25.1 Å². The highest BCUT2D eigenvalue weighted by Crippen LogP contribution is 2.19. The van der Waals surface area contributed by atoms with E-state index in [4.69, 9.17) is 4.74 Å². The second-order valence-corrected chi connectivity index (χ2v) is 4.34. The molecule has 106 valence electrons. The van der Waals surface area contributed by atoms with Crippen molar-refractivity contribution in [2.75, 3.05) is 6.61 Å². The number of aromatic nitrogens is 2. The zero-order valence-electron chi connectivity index (χ0n) is 11.6. The number of halogens is 1. The zero-order valence-corrected chi connectivity index (χ0v) is 11.6. The molecule has 20 heavy (non-hydrogen) atoms. The van der Waals surface area contributed by atoms with Crippen LogP contribution in [0.3, 0.4) is 0 Å². The summed E-state index contributed by atoms with van der Waals surface area (Å²) in [6, 6.07) is 6.36. The van der Waals surface area contributed by atoms with Gasteiger partial charge in [0.15, 0.2) is 0 Å². The number of esters is 1. The first-order chi connectivity index (χ1) is 9.69. The molecule has 2 aromatic rings. The summed E-state index contributed by atoms with van der Waals surface area (Å²) in [4.78, 5) is 11.9.